The summed E-state index contributed by atoms with van der Waals surface area (Å²) in [6, 6.07) is 4.35. The summed E-state index contributed by atoms with van der Waals surface area (Å²) in [6.07, 6.45) is 0. The lowest BCUT2D eigenvalue weighted by molar-refractivity contribution is -0.122. The van der Waals surface area contributed by atoms with Crippen LogP contribution in [0.2, 0.25) is 0 Å². The van der Waals surface area contributed by atoms with Crippen molar-refractivity contribution in [2.24, 2.45) is 0 Å². The fraction of sp³-hybridized carbons (Fsp3) is 0.429. The highest BCUT2D eigenvalue weighted by Crippen LogP contribution is 2.25. The van der Waals surface area contributed by atoms with E-state index in [9.17, 15) is 9.18 Å². The fourth-order valence-electron chi connectivity index (χ4n) is 2.10. The molecule has 0 radical (unpaired) electrons. The van der Waals surface area contributed by atoms with E-state index in [1.807, 2.05) is 13.8 Å². The quantitative estimate of drug-likeness (QED) is 0.882. The highest BCUT2D eigenvalue weighted by molar-refractivity contribution is 6.20. The van der Waals surface area contributed by atoms with Crippen LogP contribution in [-0.4, -0.2) is 21.5 Å². The Kier molecular flexibility index (Phi) is 4.28. The number of amides is 1. The molecule has 4 nitrogen and oxygen atoms in total. The van der Waals surface area contributed by atoms with Crippen LogP contribution >= 0.6 is 11.6 Å². The van der Waals surface area contributed by atoms with Crippen LogP contribution in [0.5, 0.6) is 0 Å². The first-order chi connectivity index (χ1) is 9.38. The van der Waals surface area contributed by atoms with E-state index in [1.165, 1.54) is 12.1 Å². The van der Waals surface area contributed by atoms with Crippen molar-refractivity contribution in [1.29, 1.82) is 0 Å². The van der Waals surface area contributed by atoms with E-state index in [2.05, 4.69) is 10.3 Å². The molecule has 0 bridgehead atoms. The molecule has 1 aromatic heterocycles. The summed E-state index contributed by atoms with van der Waals surface area (Å²) in [6.45, 7) is 5.61. The molecule has 1 N–H and O–H groups in total. The third-order valence-electron chi connectivity index (χ3n) is 2.85. The summed E-state index contributed by atoms with van der Waals surface area (Å²) < 4.78 is 15.1. The summed E-state index contributed by atoms with van der Waals surface area (Å²) in [7, 11) is 0. The summed E-state index contributed by atoms with van der Waals surface area (Å²) in [5, 5.41) is 2.44. The van der Waals surface area contributed by atoms with E-state index in [0.717, 1.165) is 0 Å². The molecule has 0 spiro atoms. The molecule has 1 atom stereocenters. The number of benzene rings is 1. The zero-order valence-electron chi connectivity index (χ0n) is 11.7. The Morgan fingerprint density at radius 2 is 2.15 bits per heavy atom. The van der Waals surface area contributed by atoms with Crippen LogP contribution in [0.25, 0.3) is 11.0 Å². The van der Waals surface area contributed by atoms with Crippen LogP contribution in [0, 0.1) is 5.82 Å². The number of nitrogens with zero attached hydrogens (tertiary/aromatic N) is 2. The molecule has 0 aliphatic rings. The molecule has 0 aliphatic carbocycles. The largest absolute Gasteiger partial charge is 0.352 e. The second kappa shape index (κ2) is 5.79. The van der Waals surface area contributed by atoms with Gasteiger partial charge in [0.1, 0.15) is 18.2 Å². The smallest absolute Gasteiger partial charge is 0.240 e. The Morgan fingerprint density at radius 1 is 1.45 bits per heavy atom. The SMILES string of the molecule is CC(C)NC(=O)Cn1c(C(C)Cl)nc2ccc(F)cc21. The van der Waals surface area contributed by atoms with Crippen molar-refractivity contribution in [1.82, 2.24) is 14.9 Å². The summed E-state index contributed by atoms with van der Waals surface area (Å²) in [5.41, 5.74) is 1.21. The standard InChI is InChI=1S/C14H17ClFN3O/c1-8(2)17-13(20)7-19-12-6-10(16)4-5-11(12)18-14(19)9(3)15/h4-6,8-9H,7H2,1-3H3,(H,17,20). The molecular weight excluding hydrogens is 281 g/mol. The van der Waals surface area contributed by atoms with Crippen molar-refractivity contribution in [2.75, 3.05) is 0 Å². The second-order valence-corrected chi connectivity index (χ2v) is 5.68. The van der Waals surface area contributed by atoms with Gasteiger partial charge in [-0.3, -0.25) is 4.79 Å². The Labute approximate surface area is 121 Å². The lowest BCUT2D eigenvalue weighted by atomic mass is 10.3. The molecule has 1 amide bonds. The van der Waals surface area contributed by atoms with Gasteiger partial charge in [-0.05, 0) is 39.0 Å². The first kappa shape index (κ1) is 14.8. The van der Waals surface area contributed by atoms with Gasteiger partial charge in [-0.1, -0.05) is 0 Å². The molecule has 0 aliphatic heterocycles. The van der Waals surface area contributed by atoms with E-state index in [0.29, 0.717) is 16.9 Å². The number of hydrogen-bond donors (Lipinski definition) is 1. The van der Waals surface area contributed by atoms with Gasteiger partial charge in [-0.25, -0.2) is 9.37 Å². The minimum atomic E-state index is -0.364. The Morgan fingerprint density at radius 3 is 2.75 bits per heavy atom. The Bertz CT molecular complexity index is 637. The van der Waals surface area contributed by atoms with E-state index in [4.69, 9.17) is 11.6 Å². The van der Waals surface area contributed by atoms with Crippen LogP contribution in [0.3, 0.4) is 0 Å². The minimum absolute atomic E-state index is 0.0471. The number of imidazole rings is 1. The fourth-order valence-corrected chi connectivity index (χ4v) is 2.26. The van der Waals surface area contributed by atoms with Crippen molar-refractivity contribution in [3.8, 4) is 0 Å². The number of aromatic nitrogens is 2. The van der Waals surface area contributed by atoms with Gasteiger partial charge in [0.25, 0.3) is 0 Å². The minimum Gasteiger partial charge on any atom is -0.352 e. The third-order valence-corrected chi connectivity index (χ3v) is 3.04. The Balaban J connectivity index is 2.45. The number of hydrogen-bond acceptors (Lipinski definition) is 2. The van der Waals surface area contributed by atoms with Gasteiger partial charge >= 0.3 is 0 Å². The molecule has 108 valence electrons. The van der Waals surface area contributed by atoms with Gasteiger partial charge < -0.3 is 9.88 Å². The van der Waals surface area contributed by atoms with Crippen LogP contribution < -0.4 is 5.32 Å². The maximum atomic E-state index is 13.4. The monoisotopic (exact) mass is 297 g/mol. The van der Waals surface area contributed by atoms with Gasteiger partial charge in [0.2, 0.25) is 5.91 Å². The average molecular weight is 298 g/mol. The normalized spacial score (nSPS) is 12.9. The molecule has 1 heterocycles. The highest BCUT2D eigenvalue weighted by Gasteiger charge is 2.17. The first-order valence-corrected chi connectivity index (χ1v) is 6.91. The summed E-state index contributed by atoms with van der Waals surface area (Å²) in [4.78, 5) is 16.3. The van der Waals surface area contributed by atoms with Crippen LogP contribution in [-0.2, 0) is 11.3 Å². The predicted octanol–water partition coefficient (Wildman–Crippen LogP) is 3.00. The summed E-state index contributed by atoms with van der Waals surface area (Å²) in [5.74, 6) is 0.0463. The maximum Gasteiger partial charge on any atom is 0.240 e. The lowest BCUT2D eigenvalue weighted by Crippen LogP contribution is -2.33. The Hall–Kier alpha value is -1.62. The summed E-state index contributed by atoms with van der Waals surface area (Å²) >= 11 is 6.10. The van der Waals surface area contributed by atoms with Gasteiger partial charge in [0.05, 0.1) is 16.4 Å². The van der Waals surface area contributed by atoms with Crippen molar-refractivity contribution in [3.63, 3.8) is 0 Å². The van der Waals surface area contributed by atoms with Crippen LogP contribution in [0.15, 0.2) is 18.2 Å². The topological polar surface area (TPSA) is 46.9 Å². The zero-order valence-corrected chi connectivity index (χ0v) is 12.4. The number of fused-ring (bicyclic) bond motifs is 1. The molecule has 2 rings (SSSR count). The molecule has 0 saturated carbocycles. The molecule has 1 unspecified atom stereocenters. The third kappa shape index (κ3) is 3.10. The van der Waals surface area contributed by atoms with Gasteiger partial charge in [-0.2, -0.15) is 0 Å². The molecule has 0 fully saturated rings. The number of carbonyl (C=O) groups is 1. The van der Waals surface area contributed by atoms with Crippen LogP contribution in [0.1, 0.15) is 32.0 Å². The number of alkyl halides is 1. The lowest BCUT2D eigenvalue weighted by Gasteiger charge is -2.12. The molecule has 6 heteroatoms. The maximum absolute atomic E-state index is 13.4. The molecule has 1 aromatic carbocycles. The number of carbonyl (C=O) groups excluding carboxylic acids is 1. The van der Waals surface area contributed by atoms with Gasteiger partial charge in [0.15, 0.2) is 0 Å². The highest BCUT2D eigenvalue weighted by atomic mass is 35.5. The zero-order chi connectivity index (χ0) is 14.9. The van der Waals surface area contributed by atoms with E-state index in [-0.39, 0.29) is 29.7 Å². The average Bonchev–Trinajstić information content (AvgIpc) is 2.67. The van der Waals surface area contributed by atoms with Crippen LogP contribution in [0.4, 0.5) is 4.39 Å². The molecule has 20 heavy (non-hydrogen) atoms. The van der Waals surface area contributed by atoms with E-state index in [1.54, 1.807) is 17.6 Å². The second-order valence-electron chi connectivity index (χ2n) is 5.03. The molecule has 0 saturated heterocycles. The van der Waals surface area contributed by atoms with Crippen molar-refractivity contribution >= 4 is 28.5 Å². The number of rotatable bonds is 4. The predicted molar refractivity (Wildman–Crippen MR) is 77.2 cm³/mol. The van der Waals surface area contributed by atoms with Crippen molar-refractivity contribution < 1.29 is 9.18 Å². The van der Waals surface area contributed by atoms with E-state index < -0.39 is 0 Å². The number of halogens is 2. The van der Waals surface area contributed by atoms with Gasteiger partial charge in [-0.15, -0.1) is 11.6 Å². The first-order valence-electron chi connectivity index (χ1n) is 6.47. The van der Waals surface area contributed by atoms with Crippen molar-refractivity contribution in [2.45, 2.75) is 38.7 Å². The number of nitrogens with one attached hydrogen (secondary N) is 1. The van der Waals surface area contributed by atoms with Crippen molar-refractivity contribution in [3.05, 3.63) is 29.8 Å². The molecule has 2 aromatic rings. The molecular formula is C14H17ClFN3O. The van der Waals surface area contributed by atoms with E-state index >= 15 is 0 Å². The van der Waals surface area contributed by atoms with Gasteiger partial charge in [0, 0.05) is 6.04 Å².